The Bertz CT molecular complexity index is 587. The first-order valence-electron chi connectivity index (χ1n) is 5.94. The summed E-state index contributed by atoms with van der Waals surface area (Å²) in [4.78, 5) is 11.2. The summed E-state index contributed by atoms with van der Waals surface area (Å²) in [6.07, 6.45) is 1.71. The molecule has 19 heavy (non-hydrogen) atoms. The molecule has 7 heteroatoms. The maximum Gasteiger partial charge on any atom is 0.322 e. The molecule has 0 aliphatic carbocycles. The van der Waals surface area contributed by atoms with Crippen LogP contribution in [0.1, 0.15) is 19.3 Å². The lowest BCUT2D eigenvalue weighted by Crippen LogP contribution is -2.47. The number of rotatable bonds is 3. The van der Waals surface area contributed by atoms with Gasteiger partial charge in [0.05, 0.1) is 5.02 Å². The number of carboxylic acids is 1. The van der Waals surface area contributed by atoms with Crippen molar-refractivity contribution < 1.29 is 18.3 Å². The minimum atomic E-state index is -3.87. The molecule has 1 N–H and O–H groups in total. The summed E-state index contributed by atoms with van der Waals surface area (Å²) in [5, 5.41) is 9.26. The van der Waals surface area contributed by atoms with Gasteiger partial charge in [-0.25, -0.2) is 8.42 Å². The summed E-state index contributed by atoms with van der Waals surface area (Å²) in [5.41, 5.74) is 0. The van der Waals surface area contributed by atoms with E-state index in [0.717, 1.165) is 4.31 Å². The van der Waals surface area contributed by atoms with Crippen molar-refractivity contribution in [2.75, 3.05) is 6.54 Å². The van der Waals surface area contributed by atoms with Gasteiger partial charge < -0.3 is 5.11 Å². The molecule has 0 radical (unpaired) electrons. The first-order chi connectivity index (χ1) is 8.94. The minimum Gasteiger partial charge on any atom is -0.480 e. The van der Waals surface area contributed by atoms with E-state index in [-0.39, 0.29) is 16.5 Å². The van der Waals surface area contributed by atoms with E-state index in [1.165, 1.54) is 12.1 Å². The molecule has 1 aromatic rings. The highest BCUT2D eigenvalue weighted by atomic mass is 35.5. The molecule has 2 rings (SSSR count). The number of carbonyl (C=O) groups is 1. The molecule has 1 unspecified atom stereocenters. The van der Waals surface area contributed by atoms with Crippen LogP contribution in [0.15, 0.2) is 29.2 Å². The van der Waals surface area contributed by atoms with Gasteiger partial charge in [-0.3, -0.25) is 4.79 Å². The lowest BCUT2D eigenvalue weighted by atomic mass is 10.1. The third-order valence-electron chi connectivity index (χ3n) is 3.16. The van der Waals surface area contributed by atoms with Gasteiger partial charge in [-0.1, -0.05) is 23.7 Å². The second kappa shape index (κ2) is 5.48. The van der Waals surface area contributed by atoms with Crippen LogP contribution < -0.4 is 0 Å². The molecule has 1 fully saturated rings. The fraction of sp³-hybridized carbons (Fsp3) is 0.417. The molecule has 1 atom stereocenters. The van der Waals surface area contributed by atoms with Gasteiger partial charge in [0.25, 0.3) is 0 Å². The Morgan fingerprint density at radius 1 is 1.32 bits per heavy atom. The van der Waals surface area contributed by atoms with E-state index in [1.807, 2.05) is 0 Å². The molecule has 0 saturated carbocycles. The van der Waals surface area contributed by atoms with Gasteiger partial charge in [0, 0.05) is 6.54 Å². The third kappa shape index (κ3) is 2.75. The fourth-order valence-corrected chi connectivity index (χ4v) is 4.37. The molecule has 0 bridgehead atoms. The predicted octanol–water partition coefficient (Wildman–Crippen LogP) is 1.97. The van der Waals surface area contributed by atoms with E-state index >= 15 is 0 Å². The monoisotopic (exact) mass is 303 g/mol. The molecule has 1 saturated heterocycles. The summed E-state index contributed by atoms with van der Waals surface area (Å²) in [7, 11) is -3.87. The largest absolute Gasteiger partial charge is 0.480 e. The van der Waals surface area contributed by atoms with Gasteiger partial charge in [0.15, 0.2) is 0 Å². The molecule has 1 aromatic carbocycles. The highest BCUT2D eigenvalue weighted by Crippen LogP contribution is 2.29. The molecule has 1 heterocycles. The number of hydrogen-bond donors (Lipinski definition) is 1. The number of piperidine rings is 1. The summed E-state index contributed by atoms with van der Waals surface area (Å²) in [5.74, 6) is -1.12. The van der Waals surface area contributed by atoms with Gasteiger partial charge in [-0.15, -0.1) is 0 Å². The van der Waals surface area contributed by atoms with Crippen LogP contribution in [0, 0.1) is 0 Å². The van der Waals surface area contributed by atoms with Gasteiger partial charge in [-0.05, 0) is 31.4 Å². The SMILES string of the molecule is O=C(O)C1CCCCN1S(=O)(=O)c1ccccc1Cl. The van der Waals surface area contributed by atoms with Crippen molar-refractivity contribution in [2.24, 2.45) is 0 Å². The lowest BCUT2D eigenvalue weighted by molar-refractivity contribution is -0.142. The molecule has 104 valence electrons. The zero-order valence-corrected chi connectivity index (χ0v) is 11.7. The Labute approximate surface area is 116 Å². The molecular weight excluding hydrogens is 290 g/mol. The van der Waals surface area contributed by atoms with Gasteiger partial charge in [0.2, 0.25) is 10.0 Å². The van der Waals surface area contributed by atoms with Crippen LogP contribution in [-0.4, -0.2) is 36.4 Å². The lowest BCUT2D eigenvalue weighted by Gasteiger charge is -2.32. The number of nitrogens with zero attached hydrogens (tertiary/aromatic N) is 1. The quantitative estimate of drug-likeness (QED) is 0.926. The van der Waals surface area contributed by atoms with Crippen LogP contribution in [0.5, 0.6) is 0 Å². The van der Waals surface area contributed by atoms with Crippen molar-refractivity contribution in [3.8, 4) is 0 Å². The Morgan fingerprint density at radius 2 is 2.00 bits per heavy atom. The molecule has 5 nitrogen and oxygen atoms in total. The average Bonchev–Trinajstić information content (AvgIpc) is 2.39. The van der Waals surface area contributed by atoms with Crippen LogP contribution in [0.4, 0.5) is 0 Å². The van der Waals surface area contributed by atoms with E-state index < -0.39 is 22.0 Å². The number of halogens is 1. The summed E-state index contributed by atoms with van der Waals surface area (Å²) in [6.45, 7) is 0.213. The second-order valence-corrected chi connectivity index (χ2v) is 6.66. The average molecular weight is 304 g/mol. The minimum absolute atomic E-state index is 0.0372. The van der Waals surface area contributed by atoms with Crippen LogP contribution in [0.25, 0.3) is 0 Å². The van der Waals surface area contributed by atoms with Crippen LogP contribution in [0.2, 0.25) is 5.02 Å². The number of carboxylic acid groups (broad SMARTS) is 1. The number of sulfonamides is 1. The molecule has 1 aliphatic heterocycles. The van der Waals surface area contributed by atoms with Crippen molar-refractivity contribution in [2.45, 2.75) is 30.2 Å². The highest BCUT2D eigenvalue weighted by Gasteiger charge is 2.38. The standard InChI is InChI=1S/C12H14ClNO4S/c13-9-5-1-2-7-11(9)19(17,18)14-8-4-3-6-10(14)12(15)16/h1-2,5,7,10H,3-4,6,8H2,(H,15,16). The Morgan fingerprint density at radius 3 is 2.63 bits per heavy atom. The molecule has 0 spiro atoms. The first-order valence-corrected chi connectivity index (χ1v) is 7.75. The van der Waals surface area contributed by atoms with E-state index in [1.54, 1.807) is 12.1 Å². The molecule has 1 aliphatic rings. The van der Waals surface area contributed by atoms with Crippen LogP contribution in [0.3, 0.4) is 0 Å². The van der Waals surface area contributed by atoms with Crippen molar-refractivity contribution in [1.29, 1.82) is 0 Å². The zero-order valence-electron chi connectivity index (χ0n) is 10.1. The number of hydrogen-bond acceptors (Lipinski definition) is 3. The normalized spacial score (nSPS) is 21.2. The Balaban J connectivity index is 2.43. The van der Waals surface area contributed by atoms with E-state index in [9.17, 15) is 13.2 Å². The smallest absolute Gasteiger partial charge is 0.322 e. The molecular formula is C12H14ClNO4S. The first kappa shape index (κ1) is 14.3. The van der Waals surface area contributed by atoms with Crippen LogP contribution >= 0.6 is 11.6 Å². The van der Waals surface area contributed by atoms with Crippen molar-refractivity contribution in [3.05, 3.63) is 29.3 Å². The zero-order chi connectivity index (χ0) is 14.0. The van der Waals surface area contributed by atoms with E-state index in [2.05, 4.69) is 0 Å². The number of aliphatic carboxylic acids is 1. The second-order valence-electron chi connectivity index (χ2n) is 4.40. The Hall–Kier alpha value is -1.11. The third-order valence-corrected chi connectivity index (χ3v) is 5.57. The fourth-order valence-electron chi connectivity index (χ4n) is 2.22. The van der Waals surface area contributed by atoms with Gasteiger partial charge in [-0.2, -0.15) is 4.31 Å². The van der Waals surface area contributed by atoms with E-state index in [0.29, 0.717) is 19.3 Å². The topological polar surface area (TPSA) is 74.7 Å². The van der Waals surface area contributed by atoms with Crippen molar-refractivity contribution in [1.82, 2.24) is 4.31 Å². The number of benzene rings is 1. The van der Waals surface area contributed by atoms with Crippen molar-refractivity contribution in [3.63, 3.8) is 0 Å². The summed E-state index contributed by atoms with van der Waals surface area (Å²) >= 11 is 5.90. The van der Waals surface area contributed by atoms with Crippen LogP contribution in [-0.2, 0) is 14.8 Å². The van der Waals surface area contributed by atoms with E-state index in [4.69, 9.17) is 16.7 Å². The summed E-state index contributed by atoms with van der Waals surface area (Å²) < 4.78 is 26.0. The van der Waals surface area contributed by atoms with Gasteiger partial charge >= 0.3 is 5.97 Å². The predicted molar refractivity (Wildman–Crippen MR) is 70.6 cm³/mol. The summed E-state index contributed by atoms with van der Waals surface area (Å²) in [6, 6.07) is 5.07. The Kier molecular flexibility index (Phi) is 4.13. The molecule has 0 aromatic heterocycles. The van der Waals surface area contributed by atoms with Gasteiger partial charge in [0.1, 0.15) is 10.9 Å². The highest BCUT2D eigenvalue weighted by molar-refractivity contribution is 7.89. The molecule has 0 amide bonds. The van der Waals surface area contributed by atoms with Crippen molar-refractivity contribution >= 4 is 27.6 Å². The maximum atomic E-state index is 12.5. The maximum absolute atomic E-state index is 12.5.